The van der Waals surface area contributed by atoms with Crippen LogP contribution in [0.2, 0.25) is 0 Å². The number of hydrogen-bond acceptors (Lipinski definition) is 4. The quantitative estimate of drug-likeness (QED) is 0.490. The lowest BCUT2D eigenvalue weighted by Crippen LogP contribution is -2.11. The van der Waals surface area contributed by atoms with E-state index in [-0.39, 0.29) is 23.8 Å². The Balaban J connectivity index is 2.82. The lowest BCUT2D eigenvalue weighted by atomic mass is 10.2. The van der Waals surface area contributed by atoms with Gasteiger partial charge in [0.15, 0.2) is 5.75 Å². The summed E-state index contributed by atoms with van der Waals surface area (Å²) >= 11 is 5.47. The number of carbonyl (C=O) groups excluding carboxylic acids is 1. The van der Waals surface area contributed by atoms with E-state index in [0.29, 0.717) is 18.0 Å². The molecule has 0 unspecified atom stereocenters. The third-order valence-corrected chi connectivity index (χ3v) is 2.46. The van der Waals surface area contributed by atoms with Crippen LogP contribution in [-0.4, -0.2) is 23.8 Å². The van der Waals surface area contributed by atoms with Gasteiger partial charge in [-0.3, -0.25) is 14.9 Å². The van der Waals surface area contributed by atoms with Crippen molar-refractivity contribution >= 4 is 28.9 Å². The normalized spacial score (nSPS) is 9.89. The molecule has 0 aliphatic rings. The second kappa shape index (κ2) is 6.80. The molecule has 7 heteroatoms. The lowest BCUT2D eigenvalue weighted by molar-refractivity contribution is -0.385. The Morgan fingerprint density at radius 3 is 2.83 bits per heavy atom. The molecule has 0 aliphatic carbocycles. The molecule has 0 spiro atoms. The molecule has 18 heavy (non-hydrogen) atoms. The van der Waals surface area contributed by atoms with E-state index in [2.05, 4.69) is 5.32 Å². The Labute approximate surface area is 109 Å². The average molecular weight is 273 g/mol. The number of halogens is 1. The number of nitro benzene ring substituents is 1. The first kappa shape index (κ1) is 14.2. The number of nitrogens with one attached hydrogen (secondary N) is 1. The van der Waals surface area contributed by atoms with Gasteiger partial charge in [-0.1, -0.05) is 0 Å². The van der Waals surface area contributed by atoms with Gasteiger partial charge in [-0.15, -0.1) is 11.6 Å². The van der Waals surface area contributed by atoms with Gasteiger partial charge in [0.2, 0.25) is 5.91 Å². The third-order valence-electron chi connectivity index (χ3n) is 2.20. The number of amides is 1. The van der Waals surface area contributed by atoms with Crippen molar-refractivity contribution in [3.8, 4) is 5.75 Å². The fourth-order valence-corrected chi connectivity index (χ4v) is 1.49. The van der Waals surface area contributed by atoms with Gasteiger partial charge in [0.25, 0.3) is 0 Å². The van der Waals surface area contributed by atoms with E-state index in [1.54, 1.807) is 6.07 Å². The summed E-state index contributed by atoms with van der Waals surface area (Å²) in [4.78, 5) is 21.7. The zero-order valence-corrected chi connectivity index (χ0v) is 10.6. The molecule has 98 valence electrons. The second-order valence-corrected chi connectivity index (χ2v) is 3.86. The van der Waals surface area contributed by atoms with Crippen LogP contribution in [-0.2, 0) is 4.79 Å². The standard InChI is InChI=1S/C11H13ClN2O4/c1-18-10-5-4-8(7-9(10)14(16)17)13-11(15)3-2-6-12/h4-5,7H,2-3,6H2,1H3,(H,13,15). The minimum Gasteiger partial charge on any atom is -0.490 e. The summed E-state index contributed by atoms with van der Waals surface area (Å²) in [5, 5.41) is 13.4. The topological polar surface area (TPSA) is 81.5 Å². The van der Waals surface area contributed by atoms with Crippen molar-refractivity contribution in [1.82, 2.24) is 0 Å². The molecule has 0 aliphatic heterocycles. The second-order valence-electron chi connectivity index (χ2n) is 3.48. The summed E-state index contributed by atoms with van der Waals surface area (Å²) in [5.74, 6) is 0.324. The zero-order valence-electron chi connectivity index (χ0n) is 9.81. The molecule has 0 radical (unpaired) electrons. The fraction of sp³-hybridized carbons (Fsp3) is 0.364. The largest absolute Gasteiger partial charge is 0.490 e. The molecule has 0 heterocycles. The maximum Gasteiger partial charge on any atom is 0.312 e. The van der Waals surface area contributed by atoms with Crippen LogP contribution in [0, 0.1) is 10.1 Å². The highest BCUT2D eigenvalue weighted by atomic mass is 35.5. The van der Waals surface area contributed by atoms with Crippen molar-refractivity contribution in [2.45, 2.75) is 12.8 Å². The minimum absolute atomic E-state index is 0.152. The summed E-state index contributed by atoms with van der Waals surface area (Å²) in [7, 11) is 1.35. The highest BCUT2D eigenvalue weighted by Crippen LogP contribution is 2.29. The number of benzene rings is 1. The zero-order chi connectivity index (χ0) is 13.5. The number of nitrogens with zero attached hydrogens (tertiary/aromatic N) is 1. The smallest absolute Gasteiger partial charge is 0.312 e. The average Bonchev–Trinajstić information content (AvgIpc) is 2.36. The van der Waals surface area contributed by atoms with Crippen molar-refractivity contribution in [2.24, 2.45) is 0 Å². The van der Waals surface area contributed by atoms with E-state index in [1.807, 2.05) is 0 Å². The SMILES string of the molecule is COc1ccc(NC(=O)CCCCl)cc1[N+](=O)[O-]. The monoisotopic (exact) mass is 272 g/mol. The molecule has 1 amide bonds. The van der Waals surface area contributed by atoms with Crippen LogP contribution in [0.25, 0.3) is 0 Å². The summed E-state index contributed by atoms with van der Waals surface area (Å²) < 4.78 is 4.86. The first-order valence-corrected chi connectivity index (χ1v) is 5.80. The molecule has 0 fully saturated rings. The van der Waals surface area contributed by atoms with E-state index in [4.69, 9.17) is 16.3 Å². The summed E-state index contributed by atoms with van der Waals surface area (Å²) in [6.07, 6.45) is 0.842. The van der Waals surface area contributed by atoms with E-state index in [1.165, 1.54) is 19.2 Å². The molecule has 0 atom stereocenters. The number of hydrogen-bond donors (Lipinski definition) is 1. The van der Waals surface area contributed by atoms with Crippen LogP contribution in [0.4, 0.5) is 11.4 Å². The Hall–Kier alpha value is -1.82. The van der Waals surface area contributed by atoms with Gasteiger partial charge in [0, 0.05) is 24.1 Å². The Morgan fingerprint density at radius 2 is 2.28 bits per heavy atom. The summed E-state index contributed by atoms with van der Waals surface area (Å²) in [6.45, 7) is 0. The van der Waals surface area contributed by atoms with Crippen LogP contribution in [0.3, 0.4) is 0 Å². The number of carbonyl (C=O) groups is 1. The van der Waals surface area contributed by atoms with Gasteiger partial charge in [-0.05, 0) is 18.6 Å². The van der Waals surface area contributed by atoms with E-state index >= 15 is 0 Å². The van der Waals surface area contributed by atoms with Crippen molar-refractivity contribution in [1.29, 1.82) is 0 Å². The number of ether oxygens (including phenoxy) is 1. The number of alkyl halides is 1. The molecule has 0 saturated heterocycles. The highest BCUT2D eigenvalue weighted by molar-refractivity contribution is 6.18. The Morgan fingerprint density at radius 1 is 1.56 bits per heavy atom. The minimum atomic E-state index is -0.562. The molecule has 0 aromatic heterocycles. The Bertz CT molecular complexity index is 451. The van der Waals surface area contributed by atoms with Crippen LogP contribution in [0.1, 0.15) is 12.8 Å². The van der Waals surface area contributed by atoms with Crippen molar-refractivity contribution < 1.29 is 14.5 Å². The molecule has 6 nitrogen and oxygen atoms in total. The molecule has 1 rings (SSSR count). The lowest BCUT2D eigenvalue weighted by Gasteiger charge is -2.06. The fourth-order valence-electron chi connectivity index (χ4n) is 1.36. The molecule has 0 saturated carbocycles. The van der Waals surface area contributed by atoms with Gasteiger partial charge in [-0.2, -0.15) is 0 Å². The van der Waals surface area contributed by atoms with Crippen LogP contribution in [0.15, 0.2) is 18.2 Å². The first-order valence-electron chi connectivity index (χ1n) is 5.26. The van der Waals surface area contributed by atoms with Crippen molar-refractivity contribution in [3.63, 3.8) is 0 Å². The van der Waals surface area contributed by atoms with E-state index < -0.39 is 4.92 Å². The van der Waals surface area contributed by atoms with E-state index in [9.17, 15) is 14.9 Å². The highest BCUT2D eigenvalue weighted by Gasteiger charge is 2.15. The number of anilines is 1. The first-order chi connectivity index (χ1) is 8.58. The predicted molar refractivity (Wildman–Crippen MR) is 68.2 cm³/mol. The maximum atomic E-state index is 11.4. The van der Waals surface area contributed by atoms with Crippen LogP contribution in [0.5, 0.6) is 5.75 Å². The van der Waals surface area contributed by atoms with Gasteiger partial charge >= 0.3 is 5.69 Å². The molecule has 1 aromatic carbocycles. The number of rotatable bonds is 6. The van der Waals surface area contributed by atoms with E-state index in [0.717, 1.165) is 0 Å². The third kappa shape index (κ3) is 3.89. The molecular formula is C11H13ClN2O4. The molecule has 1 aromatic rings. The van der Waals surface area contributed by atoms with Gasteiger partial charge in [0.1, 0.15) is 0 Å². The molecule has 0 bridgehead atoms. The van der Waals surface area contributed by atoms with Crippen LogP contribution >= 0.6 is 11.6 Å². The van der Waals surface area contributed by atoms with Gasteiger partial charge in [0.05, 0.1) is 12.0 Å². The number of methoxy groups -OCH3 is 1. The van der Waals surface area contributed by atoms with Crippen molar-refractivity contribution in [2.75, 3.05) is 18.3 Å². The number of nitro groups is 1. The molecule has 1 N–H and O–H groups in total. The van der Waals surface area contributed by atoms with Crippen LogP contribution < -0.4 is 10.1 Å². The predicted octanol–water partition coefficient (Wildman–Crippen LogP) is 2.56. The van der Waals surface area contributed by atoms with Gasteiger partial charge in [-0.25, -0.2) is 0 Å². The molecular weight excluding hydrogens is 260 g/mol. The maximum absolute atomic E-state index is 11.4. The van der Waals surface area contributed by atoms with Crippen molar-refractivity contribution in [3.05, 3.63) is 28.3 Å². The summed E-state index contributed by atoms with van der Waals surface area (Å²) in [5.41, 5.74) is 0.176. The Kier molecular flexibility index (Phi) is 5.38. The summed E-state index contributed by atoms with van der Waals surface area (Å²) in [6, 6.07) is 4.25. The van der Waals surface area contributed by atoms with Gasteiger partial charge < -0.3 is 10.1 Å².